The van der Waals surface area contributed by atoms with Gasteiger partial charge in [0.15, 0.2) is 0 Å². The summed E-state index contributed by atoms with van der Waals surface area (Å²) in [6, 6.07) is 5.17. The van der Waals surface area contributed by atoms with Gasteiger partial charge in [0.2, 0.25) is 10.0 Å². The van der Waals surface area contributed by atoms with Gasteiger partial charge in [0.05, 0.1) is 44.7 Å². The minimum Gasteiger partial charge on any atom is -0.496 e. The highest BCUT2D eigenvalue weighted by molar-refractivity contribution is 7.89. The van der Waals surface area contributed by atoms with Crippen LogP contribution in [0, 0.1) is 0 Å². The first-order valence-electron chi connectivity index (χ1n) is 7.91. The number of nitrogens with one attached hydrogen (secondary N) is 1. The topological polar surface area (TPSA) is 51.0 Å². The summed E-state index contributed by atoms with van der Waals surface area (Å²) in [4.78, 5) is 1.83. The van der Waals surface area contributed by atoms with Crippen molar-refractivity contribution in [2.45, 2.75) is 31.6 Å². The Kier molecular flexibility index (Phi) is 5.47. The largest absolute Gasteiger partial charge is 0.496 e. The molecule has 5 nitrogen and oxygen atoms in total. The maximum atomic E-state index is 12.8. The van der Waals surface area contributed by atoms with Gasteiger partial charge in [0, 0.05) is 0 Å². The molecule has 0 unspecified atom stereocenters. The van der Waals surface area contributed by atoms with E-state index in [1.165, 1.54) is 4.90 Å². The van der Waals surface area contributed by atoms with E-state index >= 15 is 0 Å². The van der Waals surface area contributed by atoms with Crippen LogP contribution in [0.25, 0.3) is 0 Å². The monoisotopic (exact) mass is 327 g/mol. The van der Waals surface area contributed by atoms with E-state index in [1.807, 2.05) is 13.8 Å². The van der Waals surface area contributed by atoms with E-state index in [-0.39, 0.29) is 5.92 Å². The summed E-state index contributed by atoms with van der Waals surface area (Å²) in [7, 11) is -1.80. The average molecular weight is 327 g/mol. The van der Waals surface area contributed by atoms with Crippen molar-refractivity contribution >= 4 is 10.0 Å². The highest BCUT2D eigenvalue weighted by Crippen LogP contribution is 2.29. The molecule has 2 rings (SSSR count). The Morgan fingerprint density at radius 3 is 2.41 bits per heavy atom. The molecule has 0 atom stereocenters. The number of sulfonamides is 1. The third-order valence-corrected chi connectivity index (χ3v) is 6.29. The second-order valence-corrected chi connectivity index (χ2v) is 8.00. The molecule has 0 saturated carbocycles. The van der Waals surface area contributed by atoms with Gasteiger partial charge in [-0.1, -0.05) is 13.8 Å². The summed E-state index contributed by atoms with van der Waals surface area (Å²) in [5.74, 6) is 0.959. The first-order valence-corrected chi connectivity index (χ1v) is 9.35. The first-order chi connectivity index (χ1) is 10.4. The Balaban J connectivity index is 2.28. The van der Waals surface area contributed by atoms with Crippen LogP contribution in [0.4, 0.5) is 0 Å². The second kappa shape index (κ2) is 6.98. The lowest BCUT2D eigenvalue weighted by Gasteiger charge is -2.31. The summed E-state index contributed by atoms with van der Waals surface area (Å²) in [5.41, 5.74) is 0.932. The lowest BCUT2D eigenvalue weighted by Crippen LogP contribution is -3.14. The zero-order valence-corrected chi connectivity index (χ0v) is 14.7. The van der Waals surface area contributed by atoms with Crippen molar-refractivity contribution in [1.29, 1.82) is 0 Å². The van der Waals surface area contributed by atoms with Crippen LogP contribution in [-0.4, -0.2) is 52.6 Å². The molecule has 0 aliphatic carbocycles. The van der Waals surface area contributed by atoms with E-state index < -0.39 is 10.0 Å². The van der Waals surface area contributed by atoms with Gasteiger partial charge in [-0.25, -0.2) is 8.42 Å². The fourth-order valence-corrected chi connectivity index (χ4v) is 4.35. The number of nitrogens with zero attached hydrogens (tertiary/aromatic N) is 1. The summed E-state index contributed by atoms with van der Waals surface area (Å²) in [6.45, 7) is 10.2. The van der Waals surface area contributed by atoms with Crippen LogP contribution in [-0.2, 0) is 10.0 Å². The summed E-state index contributed by atoms with van der Waals surface area (Å²) < 4.78 is 32.6. The molecule has 0 radical (unpaired) electrons. The number of ether oxygens (including phenoxy) is 1. The molecule has 22 heavy (non-hydrogen) atoms. The molecule has 1 aromatic rings. The van der Waals surface area contributed by atoms with Crippen molar-refractivity contribution in [1.82, 2.24) is 4.31 Å². The zero-order chi connectivity index (χ0) is 16.3. The number of hydrogen-bond donors (Lipinski definition) is 1. The molecule has 1 aliphatic heterocycles. The number of methoxy groups -OCH3 is 1. The van der Waals surface area contributed by atoms with Crippen molar-refractivity contribution in [3.05, 3.63) is 23.8 Å². The van der Waals surface area contributed by atoms with Crippen LogP contribution in [0.15, 0.2) is 23.1 Å². The maximum Gasteiger partial charge on any atom is 0.243 e. The standard InChI is InChI=1S/C16H26N2O3S/c1-5-17-8-10-18(11-9-17)22(19,20)14-6-7-16(21-4)15(12-14)13(2)3/h6-7,12-13H,5,8-11H2,1-4H3/p+1. The van der Waals surface area contributed by atoms with E-state index in [9.17, 15) is 8.42 Å². The van der Waals surface area contributed by atoms with Crippen molar-refractivity contribution < 1.29 is 18.1 Å². The van der Waals surface area contributed by atoms with E-state index in [2.05, 4.69) is 6.92 Å². The minimum atomic E-state index is -3.41. The second-order valence-electron chi connectivity index (χ2n) is 6.07. The van der Waals surface area contributed by atoms with Crippen LogP contribution in [0.5, 0.6) is 5.75 Å². The molecule has 1 saturated heterocycles. The van der Waals surface area contributed by atoms with Crippen molar-refractivity contribution in [2.24, 2.45) is 0 Å². The SMILES string of the molecule is CC[NH+]1CCN(S(=O)(=O)c2ccc(OC)c(C(C)C)c2)CC1. The van der Waals surface area contributed by atoms with Crippen molar-refractivity contribution in [2.75, 3.05) is 39.8 Å². The van der Waals surface area contributed by atoms with E-state index in [0.717, 1.165) is 30.9 Å². The summed E-state index contributed by atoms with van der Waals surface area (Å²) in [6.07, 6.45) is 0. The Morgan fingerprint density at radius 1 is 1.27 bits per heavy atom. The predicted molar refractivity (Wildman–Crippen MR) is 87.1 cm³/mol. The molecule has 0 spiro atoms. The molecular formula is C16H27N2O3S+. The van der Waals surface area contributed by atoms with Crippen LogP contribution >= 0.6 is 0 Å². The number of hydrogen-bond acceptors (Lipinski definition) is 3. The molecule has 1 heterocycles. The van der Waals surface area contributed by atoms with Crippen LogP contribution in [0.3, 0.4) is 0 Å². The summed E-state index contributed by atoms with van der Waals surface area (Å²) >= 11 is 0. The number of likely N-dealkylation sites (N-methyl/N-ethyl adjacent to an activating group) is 1. The number of piperazine rings is 1. The molecule has 1 N–H and O–H groups in total. The first kappa shape index (κ1) is 17.2. The molecular weight excluding hydrogens is 300 g/mol. The summed E-state index contributed by atoms with van der Waals surface area (Å²) in [5, 5.41) is 0. The molecule has 0 bridgehead atoms. The van der Waals surface area contributed by atoms with Gasteiger partial charge < -0.3 is 9.64 Å². The third kappa shape index (κ3) is 3.45. The van der Waals surface area contributed by atoms with Gasteiger partial charge in [0.25, 0.3) is 0 Å². The Hall–Kier alpha value is -1.11. The fraction of sp³-hybridized carbons (Fsp3) is 0.625. The quantitative estimate of drug-likeness (QED) is 0.867. The predicted octanol–water partition coefficient (Wildman–Crippen LogP) is 0.728. The smallest absolute Gasteiger partial charge is 0.243 e. The Labute approximate surface area is 133 Å². The minimum absolute atomic E-state index is 0.214. The van der Waals surface area contributed by atoms with Crippen LogP contribution in [0.2, 0.25) is 0 Å². The van der Waals surface area contributed by atoms with Gasteiger partial charge in [-0.15, -0.1) is 0 Å². The van der Waals surface area contributed by atoms with Gasteiger partial charge in [0.1, 0.15) is 5.75 Å². The molecule has 1 aliphatic rings. The maximum absolute atomic E-state index is 12.8. The van der Waals surface area contributed by atoms with Gasteiger partial charge in [-0.2, -0.15) is 4.31 Å². The Morgan fingerprint density at radius 2 is 1.91 bits per heavy atom. The highest BCUT2D eigenvalue weighted by Gasteiger charge is 2.30. The van der Waals surface area contributed by atoms with E-state index in [0.29, 0.717) is 18.0 Å². The lowest BCUT2D eigenvalue weighted by atomic mass is 10.0. The number of rotatable bonds is 5. The molecule has 6 heteroatoms. The normalized spacial score (nSPS) is 17.9. The highest BCUT2D eigenvalue weighted by atomic mass is 32.2. The molecule has 1 aromatic carbocycles. The van der Waals surface area contributed by atoms with Gasteiger partial charge in [-0.3, -0.25) is 0 Å². The molecule has 1 fully saturated rings. The van der Waals surface area contributed by atoms with E-state index in [4.69, 9.17) is 4.74 Å². The van der Waals surface area contributed by atoms with Crippen LogP contribution < -0.4 is 9.64 Å². The van der Waals surface area contributed by atoms with E-state index in [1.54, 1.807) is 29.6 Å². The third-order valence-electron chi connectivity index (χ3n) is 4.39. The fourth-order valence-electron chi connectivity index (χ4n) is 2.87. The van der Waals surface area contributed by atoms with Crippen molar-refractivity contribution in [3.8, 4) is 5.75 Å². The zero-order valence-electron chi connectivity index (χ0n) is 13.9. The van der Waals surface area contributed by atoms with Crippen molar-refractivity contribution in [3.63, 3.8) is 0 Å². The lowest BCUT2D eigenvalue weighted by molar-refractivity contribution is -0.901. The molecule has 124 valence electrons. The number of benzene rings is 1. The van der Waals surface area contributed by atoms with Crippen LogP contribution in [0.1, 0.15) is 32.3 Å². The van der Waals surface area contributed by atoms with Gasteiger partial charge >= 0.3 is 0 Å². The molecule has 0 amide bonds. The number of quaternary nitrogens is 1. The Bertz CT molecular complexity index is 606. The average Bonchev–Trinajstić information content (AvgIpc) is 2.54. The van der Waals surface area contributed by atoms with Gasteiger partial charge in [-0.05, 0) is 36.6 Å². The molecule has 0 aromatic heterocycles.